The minimum Gasteiger partial charge on any atom is -0.467 e. The van der Waals surface area contributed by atoms with Crippen LogP contribution in [0.15, 0.2) is 18.2 Å². The van der Waals surface area contributed by atoms with Crippen LogP contribution in [0.1, 0.15) is 21.5 Å². The van der Waals surface area contributed by atoms with Crippen LogP contribution in [-0.2, 0) is 9.53 Å². The number of methoxy groups -OCH3 is 1. The second-order valence-corrected chi connectivity index (χ2v) is 4.07. The van der Waals surface area contributed by atoms with Crippen LogP contribution in [0.25, 0.3) is 0 Å². The van der Waals surface area contributed by atoms with Gasteiger partial charge in [0.1, 0.15) is 0 Å². The van der Waals surface area contributed by atoms with E-state index in [1.54, 1.807) is 6.07 Å². The van der Waals surface area contributed by atoms with Crippen molar-refractivity contribution in [2.24, 2.45) is 0 Å². The summed E-state index contributed by atoms with van der Waals surface area (Å²) in [5.41, 5.74) is 2.34. The SMILES string of the molecule is COC(=O)C(O)CNC(=O)c1cc(C)ccc1C. The number of amides is 1. The zero-order valence-electron chi connectivity index (χ0n) is 10.7. The van der Waals surface area contributed by atoms with Gasteiger partial charge in [-0.05, 0) is 25.5 Å². The number of carbonyl (C=O) groups excluding carboxylic acids is 2. The Balaban J connectivity index is 2.66. The molecule has 1 aromatic carbocycles. The Labute approximate surface area is 106 Å². The second-order valence-electron chi connectivity index (χ2n) is 4.07. The lowest BCUT2D eigenvalue weighted by Gasteiger charge is -2.11. The molecule has 5 heteroatoms. The predicted molar refractivity (Wildman–Crippen MR) is 66.3 cm³/mol. The van der Waals surface area contributed by atoms with Crippen molar-refractivity contribution in [2.45, 2.75) is 20.0 Å². The first-order valence-electron chi connectivity index (χ1n) is 5.57. The molecule has 0 aliphatic heterocycles. The van der Waals surface area contributed by atoms with Crippen molar-refractivity contribution in [3.8, 4) is 0 Å². The summed E-state index contributed by atoms with van der Waals surface area (Å²) in [5, 5.41) is 11.8. The number of aryl methyl sites for hydroxylation is 2. The van der Waals surface area contributed by atoms with Crippen molar-refractivity contribution in [2.75, 3.05) is 13.7 Å². The number of carbonyl (C=O) groups is 2. The van der Waals surface area contributed by atoms with Crippen molar-refractivity contribution >= 4 is 11.9 Å². The number of aliphatic hydroxyl groups is 1. The van der Waals surface area contributed by atoms with Gasteiger partial charge >= 0.3 is 5.97 Å². The number of benzene rings is 1. The fraction of sp³-hybridized carbons (Fsp3) is 0.385. The van der Waals surface area contributed by atoms with Gasteiger partial charge in [-0.2, -0.15) is 0 Å². The summed E-state index contributed by atoms with van der Waals surface area (Å²) in [7, 11) is 1.18. The number of nitrogens with one attached hydrogen (secondary N) is 1. The average molecular weight is 251 g/mol. The van der Waals surface area contributed by atoms with Gasteiger partial charge in [0.15, 0.2) is 6.10 Å². The lowest BCUT2D eigenvalue weighted by Crippen LogP contribution is -2.37. The lowest BCUT2D eigenvalue weighted by molar-refractivity contribution is -0.149. The van der Waals surface area contributed by atoms with Crippen molar-refractivity contribution in [1.82, 2.24) is 5.32 Å². The molecule has 0 saturated heterocycles. The molecule has 0 bridgehead atoms. The van der Waals surface area contributed by atoms with E-state index in [0.29, 0.717) is 5.56 Å². The van der Waals surface area contributed by atoms with Crippen molar-refractivity contribution in [1.29, 1.82) is 0 Å². The maximum Gasteiger partial charge on any atom is 0.336 e. The minimum absolute atomic E-state index is 0.168. The zero-order chi connectivity index (χ0) is 13.7. The summed E-state index contributed by atoms with van der Waals surface area (Å²) in [4.78, 5) is 22.8. The summed E-state index contributed by atoms with van der Waals surface area (Å²) >= 11 is 0. The van der Waals surface area contributed by atoms with Gasteiger partial charge in [0.05, 0.1) is 13.7 Å². The van der Waals surface area contributed by atoms with Crippen LogP contribution in [0.5, 0.6) is 0 Å². The highest BCUT2D eigenvalue weighted by Crippen LogP contribution is 2.10. The van der Waals surface area contributed by atoms with E-state index in [1.807, 2.05) is 26.0 Å². The van der Waals surface area contributed by atoms with Crippen LogP contribution in [0.4, 0.5) is 0 Å². The smallest absolute Gasteiger partial charge is 0.336 e. The molecule has 0 spiro atoms. The van der Waals surface area contributed by atoms with Gasteiger partial charge in [0, 0.05) is 5.56 Å². The van der Waals surface area contributed by atoms with Crippen LogP contribution in [-0.4, -0.2) is 36.7 Å². The quantitative estimate of drug-likeness (QED) is 0.767. The van der Waals surface area contributed by atoms with Gasteiger partial charge in [-0.25, -0.2) is 4.79 Å². The molecule has 98 valence electrons. The van der Waals surface area contributed by atoms with Gasteiger partial charge in [0.25, 0.3) is 5.91 Å². The predicted octanol–water partition coefficient (Wildman–Crippen LogP) is 0.567. The highest BCUT2D eigenvalue weighted by Gasteiger charge is 2.17. The summed E-state index contributed by atoms with van der Waals surface area (Å²) in [5.74, 6) is -1.09. The molecule has 0 fully saturated rings. The van der Waals surface area contributed by atoms with Gasteiger partial charge in [-0.3, -0.25) is 4.79 Å². The summed E-state index contributed by atoms with van der Waals surface area (Å²) in [6, 6.07) is 5.52. The van der Waals surface area contributed by atoms with Crippen molar-refractivity contribution in [3.05, 3.63) is 34.9 Å². The highest BCUT2D eigenvalue weighted by molar-refractivity contribution is 5.96. The summed E-state index contributed by atoms with van der Waals surface area (Å²) in [6.07, 6.45) is -1.34. The first-order valence-corrected chi connectivity index (χ1v) is 5.57. The fourth-order valence-electron chi connectivity index (χ4n) is 1.48. The van der Waals surface area contributed by atoms with Crippen LogP contribution in [0, 0.1) is 13.8 Å². The lowest BCUT2D eigenvalue weighted by atomic mass is 10.1. The molecular formula is C13H17NO4. The zero-order valence-corrected chi connectivity index (χ0v) is 10.7. The Morgan fingerprint density at radius 1 is 1.39 bits per heavy atom. The molecule has 0 saturated carbocycles. The standard InChI is InChI=1S/C13H17NO4/c1-8-4-5-9(2)10(6-8)12(16)14-7-11(15)13(17)18-3/h4-6,11,15H,7H2,1-3H3,(H,14,16). The van der Waals surface area contributed by atoms with Gasteiger partial charge in [-0.15, -0.1) is 0 Å². The first kappa shape index (κ1) is 14.2. The Kier molecular flexibility index (Phi) is 4.85. The number of hydrogen-bond acceptors (Lipinski definition) is 4. The van der Waals surface area contributed by atoms with Crippen molar-refractivity contribution in [3.63, 3.8) is 0 Å². The molecule has 1 rings (SSSR count). The number of rotatable bonds is 4. The highest BCUT2D eigenvalue weighted by atomic mass is 16.5. The van der Waals surface area contributed by atoms with E-state index in [0.717, 1.165) is 11.1 Å². The van der Waals surface area contributed by atoms with Crippen molar-refractivity contribution < 1.29 is 19.4 Å². The van der Waals surface area contributed by atoms with Crippen LogP contribution in [0.2, 0.25) is 0 Å². The molecule has 18 heavy (non-hydrogen) atoms. The maximum absolute atomic E-state index is 11.9. The van der Waals surface area contributed by atoms with E-state index >= 15 is 0 Å². The van der Waals surface area contributed by atoms with E-state index < -0.39 is 12.1 Å². The topological polar surface area (TPSA) is 75.6 Å². The molecule has 1 amide bonds. The molecule has 0 heterocycles. The van der Waals surface area contributed by atoms with E-state index in [9.17, 15) is 14.7 Å². The molecule has 0 radical (unpaired) electrons. The minimum atomic E-state index is -1.34. The Bertz CT molecular complexity index is 456. The summed E-state index contributed by atoms with van der Waals surface area (Å²) in [6.45, 7) is 3.55. The molecule has 0 aliphatic rings. The van der Waals surface area contributed by atoms with E-state index in [4.69, 9.17) is 0 Å². The maximum atomic E-state index is 11.9. The molecule has 0 aliphatic carbocycles. The second kappa shape index (κ2) is 6.16. The van der Waals surface area contributed by atoms with Gasteiger partial charge in [0.2, 0.25) is 0 Å². The average Bonchev–Trinajstić information content (AvgIpc) is 2.37. The number of hydrogen-bond donors (Lipinski definition) is 2. The van der Waals surface area contributed by atoms with Crippen LogP contribution in [0.3, 0.4) is 0 Å². The molecule has 1 atom stereocenters. The third-order valence-corrected chi connectivity index (χ3v) is 2.57. The fourth-order valence-corrected chi connectivity index (χ4v) is 1.48. The Hall–Kier alpha value is -1.88. The van der Waals surface area contributed by atoms with Crippen LogP contribution < -0.4 is 5.32 Å². The Morgan fingerprint density at radius 2 is 2.06 bits per heavy atom. The van der Waals surface area contributed by atoms with E-state index in [2.05, 4.69) is 10.1 Å². The molecule has 0 aromatic heterocycles. The monoisotopic (exact) mass is 251 g/mol. The van der Waals surface area contributed by atoms with Gasteiger partial charge < -0.3 is 15.2 Å². The molecule has 1 aromatic rings. The first-order chi connectivity index (χ1) is 8.45. The third kappa shape index (κ3) is 3.56. The third-order valence-electron chi connectivity index (χ3n) is 2.57. The molecule has 1 unspecified atom stereocenters. The van der Waals surface area contributed by atoms with E-state index in [-0.39, 0.29) is 12.5 Å². The Morgan fingerprint density at radius 3 is 2.67 bits per heavy atom. The summed E-state index contributed by atoms with van der Waals surface area (Å²) < 4.78 is 4.35. The molecular weight excluding hydrogens is 234 g/mol. The van der Waals surface area contributed by atoms with Crippen LogP contribution >= 0.6 is 0 Å². The van der Waals surface area contributed by atoms with Gasteiger partial charge in [-0.1, -0.05) is 17.7 Å². The number of aliphatic hydroxyl groups excluding tert-OH is 1. The number of ether oxygens (including phenoxy) is 1. The van der Waals surface area contributed by atoms with E-state index in [1.165, 1.54) is 7.11 Å². The molecule has 2 N–H and O–H groups in total. The largest absolute Gasteiger partial charge is 0.467 e. The normalized spacial score (nSPS) is 11.8. The number of esters is 1. The molecule has 5 nitrogen and oxygen atoms in total.